The van der Waals surface area contributed by atoms with E-state index in [1.54, 1.807) is 17.8 Å². The Morgan fingerprint density at radius 3 is 3.11 bits per heavy atom. The van der Waals surface area contributed by atoms with E-state index in [1.807, 2.05) is 6.07 Å². The summed E-state index contributed by atoms with van der Waals surface area (Å²) in [5, 5.41) is 9.45. The summed E-state index contributed by atoms with van der Waals surface area (Å²) in [4.78, 5) is 10.6. The molecule has 1 aliphatic heterocycles. The average Bonchev–Trinajstić information content (AvgIpc) is 2.97. The van der Waals surface area contributed by atoms with Crippen molar-refractivity contribution < 1.29 is 9.21 Å². The van der Waals surface area contributed by atoms with Gasteiger partial charge >= 0.3 is 0 Å². The van der Waals surface area contributed by atoms with Crippen LogP contribution in [0.15, 0.2) is 21.7 Å². The molecule has 0 radical (unpaired) electrons. The highest BCUT2D eigenvalue weighted by molar-refractivity contribution is 7.98. The molecule has 0 atom stereocenters. The first kappa shape index (κ1) is 12.5. The number of aldehydes is 1. The van der Waals surface area contributed by atoms with E-state index < -0.39 is 0 Å². The largest absolute Gasteiger partial charge is 0.457 e. The van der Waals surface area contributed by atoms with E-state index in [0.717, 1.165) is 36.0 Å². The average molecular weight is 277 g/mol. The molecule has 0 fully saturated rings. The highest BCUT2D eigenvalue weighted by atomic mass is 32.2. The molecule has 0 amide bonds. The van der Waals surface area contributed by atoms with Crippen LogP contribution in [0.1, 0.15) is 41.4 Å². The minimum Gasteiger partial charge on any atom is -0.457 e. The summed E-state index contributed by atoms with van der Waals surface area (Å²) in [6.45, 7) is 1.00. The summed E-state index contributed by atoms with van der Waals surface area (Å²) < 4.78 is 7.56. The number of aryl methyl sites for hydroxylation is 1. The Balaban J connectivity index is 1.69. The first-order chi connectivity index (χ1) is 9.36. The normalized spacial score (nSPS) is 14.9. The number of fused-ring (bicyclic) bond motifs is 1. The molecule has 0 aliphatic carbocycles. The van der Waals surface area contributed by atoms with Crippen molar-refractivity contribution in [3.8, 4) is 0 Å². The van der Waals surface area contributed by atoms with Gasteiger partial charge in [-0.3, -0.25) is 4.79 Å². The number of furan rings is 1. The molecular weight excluding hydrogens is 262 g/mol. The Hall–Kier alpha value is -1.56. The number of hydrogen-bond acceptors (Lipinski definition) is 5. The highest BCUT2D eigenvalue weighted by Crippen LogP contribution is 2.25. The zero-order valence-corrected chi connectivity index (χ0v) is 11.4. The minimum atomic E-state index is 0.371. The quantitative estimate of drug-likeness (QED) is 0.635. The lowest BCUT2D eigenvalue weighted by atomic mass is 10.2. The van der Waals surface area contributed by atoms with Crippen LogP contribution in [0.5, 0.6) is 0 Å². The third kappa shape index (κ3) is 2.73. The number of carbonyl (C=O) groups excluding carboxylic acids is 1. The summed E-state index contributed by atoms with van der Waals surface area (Å²) in [7, 11) is 0. The SMILES string of the molecule is O=Cc1ccc(CSc2nnc3n2CCCCC3)o1. The van der Waals surface area contributed by atoms with Crippen LogP contribution in [-0.2, 0) is 18.7 Å². The van der Waals surface area contributed by atoms with E-state index in [1.165, 1.54) is 19.3 Å². The minimum absolute atomic E-state index is 0.371. The molecule has 0 unspecified atom stereocenters. The topological polar surface area (TPSA) is 60.9 Å². The van der Waals surface area contributed by atoms with Crippen molar-refractivity contribution in [2.24, 2.45) is 0 Å². The Kier molecular flexibility index (Phi) is 3.68. The Morgan fingerprint density at radius 1 is 1.32 bits per heavy atom. The summed E-state index contributed by atoms with van der Waals surface area (Å²) in [6.07, 6.45) is 5.38. The summed E-state index contributed by atoms with van der Waals surface area (Å²) in [5.41, 5.74) is 0. The van der Waals surface area contributed by atoms with Crippen molar-refractivity contribution in [3.63, 3.8) is 0 Å². The molecule has 19 heavy (non-hydrogen) atoms. The fraction of sp³-hybridized carbons (Fsp3) is 0.462. The fourth-order valence-electron chi connectivity index (χ4n) is 2.24. The molecule has 3 rings (SSSR count). The van der Waals surface area contributed by atoms with E-state index >= 15 is 0 Å². The Labute approximate surface area is 115 Å². The molecule has 0 saturated carbocycles. The van der Waals surface area contributed by atoms with Crippen LogP contribution in [0, 0.1) is 0 Å². The van der Waals surface area contributed by atoms with Gasteiger partial charge < -0.3 is 8.98 Å². The van der Waals surface area contributed by atoms with Crippen molar-refractivity contribution in [2.45, 2.75) is 43.1 Å². The van der Waals surface area contributed by atoms with Crippen LogP contribution in [0.25, 0.3) is 0 Å². The molecule has 2 aromatic heterocycles. The van der Waals surface area contributed by atoms with Gasteiger partial charge in [0.15, 0.2) is 17.2 Å². The van der Waals surface area contributed by atoms with Crippen LogP contribution in [-0.4, -0.2) is 21.1 Å². The maximum atomic E-state index is 10.6. The third-order valence-electron chi connectivity index (χ3n) is 3.22. The molecule has 5 nitrogen and oxygen atoms in total. The van der Waals surface area contributed by atoms with Gasteiger partial charge in [-0.1, -0.05) is 18.2 Å². The first-order valence-electron chi connectivity index (χ1n) is 6.45. The van der Waals surface area contributed by atoms with Crippen LogP contribution < -0.4 is 0 Å². The van der Waals surface area contributed by atoms with Crippen molar-refractivity contribution >= 4 is 18.0 Å². The van der Waals surface area contributed by atoms with E-state index in [-0.39, 0.29) is 0 Å². The zero-order valence-electron chi connectivity index (χ0n) is 10.5. The molecule has 0 spiro atoms. The lowest BCUT2D eigenvalue weighted by molar-refractivity contribution is 0.109. The number of thioether (sulfide) groups is 1. The second-order valence-corrected chi connectivity index (χ2v) is 5.51. The van der Waals surface area contributed by atoms with E-state index in [2.05, 4.69) is 14.8 Å². The molecule has 100 valence electrons. The lowest BCUT2D eigenvalue weighted by Crippen LogP contribution is -2.02. The van der Waals surface area contributed by atoms with Gasteiger partial charge in [-0.15, -0.1) is 10.2 Å². The van der Waals surface area contributed by atoms with E-state index in [4.69, 9.17) is 4.42 Å². The van der Waals surface area contributed by atoms with Gasteiger partial charge in [-0.05, 0) is 25.0 Å². The Morgan fingerprint density at radius 2 is 2.26 bits per heavy atom. The van der Waals surface area contributed by atoms with Gasteiger partial charge in [0.05, 0.1) is 5.75 Å². The molecule has 2 aromatic rings. The fourth-order valence-corrected chi connectivity index (χ4v) is 3.11. The summed E-state index contributed by atoms with van der Waals surface area (Å²) in [5.74, 6) is 2.92. The van der Waals surface area contributed by atoms with Crippen LogP contribution >= 0.6 is 11.8 Å². The van der Waals surface area contributed by atoms with Crippen molar-refractivity contribution in [1.29, 1.82) is 0 Å². The van der Waals surface area contributed by atoms with Crippen LogP contribution in [0.2, 0.25) is 0 Å². The molecular formula is C13H15N3O2S. The van der Waals surface area contributed by atoms with Crippen LogP contribution in [0.3, 0.4) is 0 Å². The molecule has 0 saturated heterocycles. The second-order valence-electron chi connectivity index (χ2n) is 4.57. The molecule has 0 N–H and O–H groups in total. The molecule has 6 heteroatoms. The monoisotopic (exact) mass is 277 g/mol. The zero-order chi connectivity index (χ0) is 13.1. The number of rotatable bonds is 4. The smallest absolute Gasteiger partial charge is 0.191 e. The van der Waals surface area contributed by atoms with Gasteiger partial charge in [-0.2, -0.15) is 0 Å². The molecule has 3 heterocycles. The predicted octanol–water partition coefficient (Wildman–Crippen LogP) is 2.70. The number of aromatic nitrogens is 3. The number of hydrogen-bond donors (Lipinski definition) is 0. The van der Waals surface area contributed by atoms with Gasteiger partial charge in [0, 0.05) is 13.0 Å². The van der Waals surface area contributed by atoms with Crippen molar-refractivity contribution in [2.75, 3.05) is 0 Å². The molecule has 0 aromatic carbocycles. The standard InChI is InChI=1S/C13H15N3O2S/c17-8-10-5-6-11(18-10)9-19-13-15-14-12-4-2-1-3-7-16(12)13/h5-6,8H,1-4,7,9H2. The summed E-state index contributed by atoms with van der Waals surface area (Å²) >= 11 is 1.61. The van der Waals surface area contributed by atoms with Crippen LogP contribution in [0.4, 0.5) is 0 Å². The van der Waals surface area contributed by atoms with E-state index in [9.17, 15) is 4.79 Å². The van der Waals surface area contributed by atoms with Gasteiger partial charge in [0.25, 0.3) is 0 Å². The lowest BCUT2D eigenvalue weighted by Gasteiger charge is -2.05. The van der Waals surface area contributed by atoms with Gasteiger partial charge in [0.2, 0.25) is 0 Å². The van der Waals surface area contributed by atoms with Crippen molar-refractivity contribution in [3.05, 3.63) is 29.5 Å². The number of nitrogens with zero attached hydrogens (tertiary/aromatic N) is 3. The first-order valence-corrected chi connectivity index (χ1v) is 7.44. The Bertz CT molecular complexity index is 576. The maximum absolute atomic E-state index is 10.6. The second kappa shape index (κ2) is 5.61. The van der Waals surface area contributed by atoms with E-state index in [0.29, 0.717) is 11.5 Å². The molecule has 0 bridgehead atoms. The summed E-state index contributed by atoms with van der Waals surface area (Å²) in [6, 6.07) is 3.52. The predicted molar refractivity (Wildman–Crippen MR) is 71.2 cm³/mol. The molecule has 1 aliphatic rings. The van der Waals surface area contributed by atoms with Gasteiger partial charge in [0.1, 0.15) is 11.6 Å². The third-order valence-corrected chi connectivity index (χ3v) is 4.21. The number of carbonyl (C=O) groups is 1. The van der Waals surface area contributed by atoms with Gasteiger partial charge in [-0.25, -0.2) is 0 Å². The van der Waals surface area contributed by atoms with Crippen molar-refractivity contribution in [1.82, 2.24) is 14.8 Å². The maximum Gasteiger partial charge on any atom is 0.191 e. The highest BCUT2D eigenvalue weighted by Gasteiger charge is 2.15.